The molecular formula is C12H23N2O3S-. The standard InChI is InChI=1S/C12H23N2O3S/c1-13-7-3-11(4-8-13)17-12-5-9-14(10-6-12)18(2,15)16/h11-12H,1,3-10H2,2H3/q-1. The van der Waals surface area contributed by atoms with E-state index in [4.69, 9.17) is 4.74 Å². The van der Waals surface area contributed by atoms with Crippen molar-refractivity contribution in [3.63, 3.8) is 0 Å². The van der Waals surface area contributed by atoms with E-state index in [9.17, 15) is 8.42 Å². The van der Waals surface area contributed by atoms with E-state index >= 15 is 0 Å². The van der Waals surface area contributed by atoms with Gasteiger partial charge in [-0.05, 0) is 38.8 Å². The van der Waals surface area contributed by atoms with Crippen LogP contribution in [0.3, 0.4) is 0 Å². The van der Waals surface area contributed by atoms with Crippen LogP contribution in [0.2, 0.25) is 0 Å². The zero-order chi connectivity index (χ0) is 13.2. The van der Waals surface area contributed by atoms with Gasteiger partial charge in [-0.15, -0.1) is 0 Å². The lowest BCUT2D eigenvalue weighted by Gasteiger charge is -2.38. The summed E-state index contributed by atoms with van der Waals surface area (Å²) in [7, 11) is 0.893. The van der Waals surface area contributed by atoms with E-state index in [1.807, 2.05) is 0 Å². The fourth-order valence-corrected chi connectivity index (χ4v) is 3.49. The van der Waals surface area contributed by atoms with Gasteiger partial charge in [-0.2, -0.15) is 0 Å². The highest BCUT2D eigenvalue weighted by Gasteiger charge is 2.27. The van der Waals surface area contributed by atoms with Gasteiger partial charge >= 0.3 is 0 Å². The van der Waals surface area contributed by atoms with Crippen LogP contribution in [0.15, 0.2) is 0 Å². The predicted octanol–water partition coefficient (Wildman–Crippen LogP) is 0.683. The first-order valence-corrected chi connectivity index (χ1v) is 8.46. The summed E-state index contributed by atoms with van der Waals surface area (Å²) < 4.78 is 30.4. The van der Waals surface area contributed by atoms with Gasteiger partial charge in [-0.1, -0.05) is 0 Å². The first-order chi connectivity index (χ1) is 8.45. The minimum absolute atomic E-state index is 0.226. The molecule has 0 unspecified atom stereocenters. The quantitative estimate of drug-likeness (QED) is 0.711. The average molecular weight is 275 g/mol. The molecule has 0 radical (unpaired) electrons. The molecule has 0 aromatic heterocycles. The number of hydrogen-bond acceptors (Lipinski definition) is 4. The molecule has 2 saturated heterocycles. The number of hydrogen-bond donors (Lipinski definition) is 0. The van der Waals surface area contributed by atoms with Gasteiger partial charge in [0, 0.05) is 13.1 Å². The first kappa shape index (κ1) is 14.2. The van der Waals surface area contributed by atoms with Crippen LogP contribution in [0.1, 0.15) is 25.7 Å². The van der Waals surface area contributed by atoms with E-state index in [2.05, 4.69) is 11.9 Å². The van der Waals surface area contributed by atoms with E-state index < -0.39 is 10.0 Å². The molecule has 2 heterocycles. The van der Waals surface area contributed by atoms with Gasteiger partial charge in [0.25, 0.3) is 0 Å². The molecule has 106 valence electrons. The molecule has 2 aliphatic heterocycles. The molecule has 2 rings (SSSR count). The molecule has 0 spiro atoms. The summed E-state index contributed by atoms with van der Waals surface area (Å²) in [6, 6.07) is 0. The Balaban J connectivity index is 1.74. The number of ether oxygens (including phenoxy) is 1. The third kappa shape index (κ3) is 3.91. The summed E-state index contributed by atoms with van der Waals surface area (Å²) in [4.78, 5) is 2.08. The number of rotatable bonds is 3. The molecule has 0 amide bonds. The van der Waals surface area contributed by atoms with Crippen LogP contribution in [0, 0.1) is 7.05 Å². The third-order valence-corrected chi connectivity index (χ3v) is 5.09. The van der Waals surface area contributed by atoms with Crippen LogP contribution in [0.5, 0.6) is 0 Å². The minimum atomic E-state index is -3.03. The highest BCUT2D eigenvalue weighted by Crippen LogP contribution is 2.21. The Bertz CT molecular complexity index is 356. The molecule has 2 fully saturated rings. The third-order valence-electron chi connectivity index (χ3n) is 3.79. The molecular weight excluding hydrogens is 252 g/mol. The van der Waals surface area contributed by atoms with Crippen LogP contribution < -0.4 is 0 Å². The second kappa shape index (κ2) is 5.86. The van der Waals surface area contributed by atoms with E-state index in [-0.39, 0.29) is 6.10 Å². The van der Waals surface area contributed by atoms with E-state index in [0.717, 1.165) is 38.8 Å². The topological polar surface area (TPSA) is 49.9 Å². The van der Waals surface area contributed by atoms with Crippen LogP contribution >= 0.6 is 0 Å². The summed E-state index contributed by atoms with van der Waals surface area (Å²) in [6.07, 6.45) is 5.54. The molecule has 0 aliphatic carbocycles. The number of sulfonamides is 1. The Labute approximate surface area is 110 Å². The second-order valence-corrected chi connectivity index (χ2v) is 7.30. The van der Waals surface area contributed by atoms with E-state index in [1.54, 1.807) is 4.31 Å². The van der Waals surface area contributed by atoms with Gasteiger partial charge in [0.15, 0.2) is 0 Å². The highest BCUT2D eigenvalue weighted by atomic mass is 32.2. The van der Waals surface area contributed by atoms with Crippen molar-refractivity contribution in [1.29, 1.82) is 0 Å². The summed E-state index contributed by atoms with van der Waals surface area (Å²) in [6.45, 7) is 3.18. The Morgan fingerprint density at radius 2 is 1.44 bits per heavy atom. The van der Waals surface area contributed by atoms with Crippen LogP contribution in [-0.2, 0) is 14.8 Å². The molecule has 5 nitrogen and oxygen atoms in total. The first-order valence-electron chi connectivity index (χ1n) is 6.61. The smallest absolute Gasteiger partial charge is 0.211 e. The van der Waals surface area contributed by atoms with Crippen molar-refractivity contribution in [3.8, 4) is 0 Å². The lowest BCUT2D eigenvalue weighted by Crippen LogP contribution is -2.42. The Morgan fingerprint density at radius 3 is 1.89 bits per heavy atom. The monoisotopic (exact) mass is 275 g/mol. The van der Waals surface area contributed by atoms with Gasteiger partial charge in [-0.3, -0.25) is 7.05 Å². The number of nitrogens with zero attached hydrogens (tertiary/aromatic N) is 2. The Hall–Kier alpha value is -0.170. The van der Waals surface area contributed by atoms with Crippen molar-refractivity contribution >= 4 is 10.0 Å². The zero-order valence-corrected chi connectivity index (χ0v) is 11.9. The molecule has 6 heteroatoms. The summed E-state index contributed by atoms with van der Waals surface area (Å²) in [5.74, 6) is 0. The molecule has 0 N–H and O–H groups in total. The van der Waals surface area contributed by atoms with Gasteiger partial charge in [0.05, 0.1) is 18.5 Å². The molecule has 0 atom stereocenters. The zero-order valence-electron chi connectivity index (χ0n) is 11.0. The average Bonchev–Trinajstić information content (AvgIpc) is 2.32. The maximum absolute atomic E-state index is 11.4. The van der Waals surface area contributed by atoms with Gasteiger partial charge in [-0.25, -0.2) is 12.7 Å². The van der Waals surface area contributed by atoms with Crippen molar-refractivity contribution in [3.05, 3.63) is 7.05 Å². The molecule has 18 heavy (non-hydrogen) atoms. The SMILES string of the molecule is [CH2-]N1CCC(OC2CCN(S(C)(=O)=O)CC2)CC1. The highest BCUT2D eigenvalue weighted by molar-refractivity contribution is 7.88. The van der Waals surface area contributed by atoms with Crippen LogP contribution in [0.4, 0.5) is 0 Å². The Morgan fingerprint density at radius 1 is 1.00 bits per heavy atom. The van der Waals surface area contributed by atoms with Crippen molar-refractivity contribution in [2.45, 2.75) is 37.9 Å². The fourth-order valence-electron chi connectivity index (χ4n) is 2.62. The van der Waals surface area contributed by atoms with Crippen molar-refractivity contribution in [2.75, 3.05) is 32.4 Å². The Kier molecular flexibility index (Phi) is 4.64. The fraction of sp³-hybridized carbons (Fsp3) is 0.917. The largest absolute Gasteiger partial charge is 0.459 e. The van der Waals surface area contributed by atoms with Gasteiger partial charge < -0.3 is 9.64 Å². The van der Waals surface area contributed by atoms with Crippen LogP contribution in [0.25, 0.3) is 0 Å². The van der Waals surface area contributed by atoms with Gasteiger partial charge in [0.1, 0.15) is 0 Å². The lowest BCUT2D eigenvalue weighted by atomic mass is 10.1. The second-order valence-electron chi connectivity index (χ2n) is 5.31. The maximum atomic E-state index is 11.4. The minimum Gasteiger partial charge on any atom is -0.459 e. The molecule has 0 aromatic rings. The van der Waals surface area contributed by atoms with E-state index in [1.165, 1.54) is 6.26 Å². The van der Waals surface area contributed by atoms with Gasteiger partial charge in [0.2, 0.25) is 10.0 Å². The summed E-state index contributed by atoms with van der Waals surface area (Å²) in [5, 5.41) is 0. The lowest BCUT2D eigenvalue weighted by molar-refractivity contribution is -0.0549. The summed E-state index contributed by atoms with van der Waals surface area (Å²) in [5.41, 5.74) is 0. The molecule has 0 aromatic carbocycles. The normalized spacial score (nSPS) is 26.6. The van der Waals surface area contributed by atoms with E-state index in [0.29, 0.717) is 19.2 Å². The van der Waals surface area contributed by atoms with Crippen molar-refractivity contribution in [2.24, 2.45) is 0 Å². The molecule has 0 bridgehead atoms. The molecule has 0 saturated carbocycles. The predicted molar refractivity (Wildman–Crippen MR) is 70.5 cm³/mol. The van der Waals surface area contributed by atoms with Crippen molar-refractivity contribution in [1.82, 2.24) is 9.21 Å². The number of likely N-dealkylation sites (tertiary alicyclic amines) is 1. The number of piperidine rings is 2. The van der Waals surface area contributed by atoms with Crippen LogP contribution in [-0.4, -0.2) is 62.3 Å². The maximum Gasteiger partial charge on any atom is 0.211 e. The summed E-state index contributed by atoms with van der Waals surface area (Å²) >= 11 is 0. The molecule has 2 aliphatic rings. The van der Waals surface area contributed by atoms with Crippen molar-refractivity contribution < 1.29 is 13.2 Å².